The smallest absolute Gasteiger partial charge is 0.251 e. The SMILES string of the molecule is Cc1ccn(Cc2cccc(C3CCCC3)c2)c(=O)c1. The average molecular weight is 267 g/mol. The largest absolute Gasteiger partial charge is 0.311 e. The Morgan fingerprint density at radius 3 is 2.70 bits per heavy atom. The van der Waals surface area contributed by atoms with Crippen LogP contribution in [0.4, 0.5) is 0 Å². The Bertz CT molecular complexity index is 650. The van der Waals surface area contributed by atoms with E-state index in [1.54, 1.807) is 10.6 Å². The van der Waals surface area contributed by atoms with Crippen molar-refractivity contribution >= 4 is 0 Å². The van der Waals surface area contributed by atoms with E-state index in [-0.39, 0.29) is 5.56 Å². The van der Waals surface area contributed by atoms with E-state index < -0.39 is 0 Å². The molecular formula is C18H21NO. The summed E-state index contributed by atoms with van der Waals surface area (Å²) in [6.45, 7) is 2.62. The van der Waals surface area contributed by atoms with Gasteiger partial charge in [-0.25, -0.2) is 0 Å². The zero-order valence-electron chi connectivity index (χ0n) is 12.0. The van der Waals surface area contributed by atoms with E-state index >= 15 is 0 Å². The maximum absolute atomic E-state index is 11.9. The second-order valence-electron chi connectivity index (χ2n) is 5.90. The van der Waals surface area contributed by atoms with Gasteiger partial charge in [-0.15, -0.1) is 0 Å². The van der Waals surface area contributed by atoms with Crippen LogP contribution in [0, 0.1) is 6.92 Å². The first-order valence-corrected chi connectivity index (χ1v) is 7.48. The van der Waals surface area contributed by atoms with E-state index in [0.717, 1.165) is 11.5 Å². The van der Waals surface area contributed by atoms with E-state index in [2.05, 4.69) is 24.3 Å². The lowest BCUT2D eigenvalue weighted by atomic mass is 9.96. The molecule has 0 saturated heterocycles. The van der Waals surface area contributed by atoms with Gasteiger partial charge in [0.1, 0.15) is 0 Å². The van der Waals surface area contributed by atoms with Crippen LogP contribution in [0.1, 0.15) is 48.3 Å². The van der Waals surface area contributed by atoms with Gasteiger partial charge in [-0.1, -0.05) is 37.1 Å². The highest BCUT2D eigenvalue weighted by Crippen LogP contribution is 2.34. The molecule has 2 nitrogen and oxygen atoms in total. The third kappa shape index (κ3) is 2.84. The van der Waals surface area contributed by atoms with Crippen LogP contribution in [-0.4, -0.2) is 4.57 Å². The molecule has 0 aliphatic heterocycles. The maximum Gasteiger partial charge on any atom is 0.251 e. The van der Waals surface area contributed by atoms with Crippen molar-refractivity contribution in [3.8, 4) is 0 Å². The molecule has 1 saturated carbocycles. The molecule has 1 aliphatic carbocycles. The number of pyridine rings is 1. The number of hydrogen-bond acceptors (Lipinski definition) is 1. The lowest BCUT2D eigenvalue weighted by molar-refractivity contribution is 0.714. The number of nitrogens with zero attached hydrogens (tertiary/aromatic N) is 1. The third-order valence-electron chi connectivity index (χ3n) is 4.28. The van der Waals surface area contributed by atoms with Crippen molar-refractivity contribution in [2.24, 2.45) is 0 Å². The van der Waals surface area contributed by atoms with Gasteiger partial charge in [0.15, 0.2) is 0 Å². The predicted octanol–water partition coefficient (Wildman–Crippen LogP) is 3.86. The Balaban J connectivity index is 1.83. The first-order chi connectivity index (χ1) is 9.72. The molecule has 3 rings (SSSR count). The minimum Gasteiger partial charge on any atom is -0.311 e. The van der Waals surface area contributed by atoms with Gasteiger partial charge >= 0.3 is 0 Å². The van der Waals surface area contributed by atoms with Gasteiger partial charge in [0.25, 0.3) is 5.56 Å². The van der Waals surface area contributed by atoms with Crippen LogP contribution in [0.25, 0.3) is 0 Å². The summed E-state index contributed by atoms with van der Waals surface area (Å²) in [7, 11) is 0. The second kappa shape index (κ2) is 5.66. The minimum atomic E-state index is 0.0799. The summed E-state index contributed by atoms with van der Waals surface area (Å²) in [5, 5.41) is 0. The Labute approximate surface area is 120 Å². The number of aromatic nitrogens is 1. The Morgan fingerprint density at radius 2 is 1.95 bits per heavy atom. The van der Waals surface area contributed by atoms with Crippen molar-refractivity contribution in [2.75, 3.05) is 0 Å². The summed E-state index contributed by atoms with van der Waals surface area (Å²) in [5.41, 5.74) is 3.77. The topological polar surface area (TPSA) is 22.0 Å². The number of hydrogen-bond donors (Lipinski definition) is 0. The summed E-state index contributed by atoms with van der Waals surface area (Å²) in [4.78, 5) is 11.9. The molecule has 0 bridgehead atoms. The lowest BCUT2D eigenvalue weighted by Crippen LogP contribution is -2.19. The molecule has 20 heavy (non-hydrogen) atoms. The molecular weight excluding hydrogens is 246 g/mol. The molecule has 1 aromatic heterocycles. The molecule has 1 aliphatic rings. The van der Waals surface area contributed by atoms with Gasteiger partial charge in [0, 0.05) is 12.3 Å². The van der Waals surface area contributed by atoms with Gasteiger partial charge in [-0.3, -0.25) is 4.79 Å². The average Bonchev–Trinajstić information content (AvgIpc) is 2.96. The first kappa shape index (κ1) is 13.2. The summed E-state index contributed by atoms with van der Waals surface area (Å²) < 4.78 is 1.78. The fourth-order valence-electron chi connectivity index (χ4n) is 3.14. The quantitative estimate of drug-likeness (QED) is 0.827. The monoisotopic (exact) mass is 267 g/mol. The molecule has 0 spiro atoms. The summed E-state index contributed by atoms with van der Waals surface area (Å²) >= 11 is 0. The highest BCUT2D eigenvalue weighted by molar-refractivity contribution is 5.27. The van der Waals surface area contributed by atoms with Crippen molar-refractivity contribution in [1.82, 2.24) is 4.57 Å². The van der Waals surface area contributed by atoms with Crippen LogP contribution >= 0.6 is 0 Å². The van der Waals surface area contributed by atoms with Crippen LogP contribution in [0.3, 0.4) is 0 Å². The van der Waals surface area contributed by atoms with Gasteiger partial charge < -0.3 is 4.57 Å². The van der Waals surface area contributed by atoms with E-state index in [1.807, 2.05) is 19.2 Å². The highest BCUT2D eigenvalue weighted by atomic mass is 16.1. The van der Waals surface area contributed by atoms with Crippen LogP contribution in [0.15, 0.2) is 47.4 Å². The number of rotatable bonds is 3. The van der Waals surface area contributed by atoms with E-state index in [1.165, 1.54) is 36.8 Å². The second-order valence-corrected chi connectivity index (χ2v) is 5.90. The molecule has 1 fully saturated rings. The molecule has 0 radical (unpaired) electrons. The first-order valence-electron chi connectivity index (χ1n) is 7.48. The molecule has 2 heteroatoms. The molecule has 1 aromatic carbocycles. The molecule has 0 amide bonds. The number of aryl methyl sites for hydroxylation is 1. The van der Waals surface area contributed by atoms with Crippen LogP contribution in [0.5, 0.6) is 0 Å². The van der Waals surface area contributed by atoms with Crippen molar-refractivity contribution < 1.29 is 0 Å². The fraction of sp³-hybridized carbons (Fsp3) is 0.389. The van der Waals surface area contributed by atoms with Crippen molar-refractivity contribution in [3.05, 3.63) is 69.6 Å². The molecule has 1 heterocycles. The van der Waals surface area contributed by atoms with Gasteiger partial charge in [0.2, 0.25) is 0 Å². The lowest BCUT2D eigenvalue weighted by Gasteiger charge is -2.12. The Hall–Kier alpha value is -1.83. The van der Waals surface area contributed by atoms with Crippen molar-refractivity contribution in [2.45, 2.75) is 45.1 Å². The van der Waals surface area contributed by atoms with Crippen LogP contribution < -0.4 is 5.56 Å². The van der Waals surface area contributed by atoms with Crippen molar-refractivity contribution in [3.63, 3.8) is 0 Å². The maximum atomic E-state index is 11.9. The summed E-state index contributed by atoms with van der Waals surface area (Å²) in [6.07, 6.45) is 7.22. The number of benzene rings is 1. The standard InChI is InChI=1S/C18H21NO/c1-14-9-10-19(18(20)11-14)13-15-5-4-8-17(12-15)16-6-2-3-7-16/h4-5,8-12,16H,2-3,6-7,13H2,1H3. The minimum absolute atomic E-state index is 0.0799. The van der Waals surface area contributed by atoms with Gasteiger partial charge in [-0.05, 0) is 48.4 Å². The van der Waals surface area contributed by atoms with Crippen molar-refractivity contribution in [1.29, 1.82) is 0 Å². The molecule has 104 valence electrons. The Morgan fingerprint density at radius 1 is 1.15 bits per heavy atom. The van der Waals surface area contributed by atoms with Gasteiger partial charge in [0.05, 0.1) is 6.54 Å². The fourth-order valence-corrected chi connectivity index (χ4v) is 3.14. The summed E-state index contributed by atoms with van der Waals surface area (Å²) in [6, 6.07) is 12.4. The normalized spacial score (nSPS) is 15.7. The van der Waals surface area contributed by atoms with Crippen LogP contribution in [-0.2, 0) is 6.54 Å². The van der Waals surface area contributed by atoms with E-state index in [4.69, 9.17) is 0 Å². The highest BCUT2D eigenvalue weighted by Gasteiger charge is 2.16. The van der Waals surface area contributed by atoms with E-state index in [9.17, 15) is 4.79 Å². The van der Waals surface area contributed by atoms with Gasteiger partial charge in [-0.2, -0.15) is 0 Å². The zero-order valence-corrected chi connectivity index (χ0v) is 12.0. The van der Waals surface area contributed by atoms with E-state index in [0.29, 0.717) is 6.54 Å². The summed E-state index contributed by atoms with van der Waals surface area (Å²) in [5.74, 6) is 0.727. The molecule has 0 unspecified atom stereocenters. The van der Waals surface area contributed by atoms with Crippen LogP contribution in [0.2, 0.25) is 0 Å². The molecule has 2 aromatic rings. The third-order valence-corrected chi connectivity index (χ3v) is 4.28. The molecule has 0 atom stereocenters. The predicted molar refractivity (Wildman–Crippen MR) is 82.2 cm³/mol. The Kier molecular flexibility index (Phi) is 3.72. The zero-order chi connectivity index (χ0) is 13.9. The molecule has 0 N–H and O–H groups in total.